The third-order valence-electron chi connectivity index (χ3n) is 7.03. The summed E-state index contributed by atoms with van der Waals surface area (Å²) < 4.78 is 14.7. The van der Waals surface area contributed by atoms with Gasteiger partial charge in [-0.2, -0.15) is 0 Å². The van der Waals surface area contributed by atoms with Gasteiger partial charge in [-0.3, -0.25) is 14.4 Å². The third kappa shape index (κ3) is 8.70. The molecule has 0 saturated carbocycles. The third-order valence-corrected chi connectivity index (χ3v) is 10.3. The molecule has 0 fully saturated rings. The second kappa shape index (κ2) is 15.9. The number of anilines is 2. The number of carbonyl (C=O) groups excluding carboxylic acids is 3. The number of rotatable bonds is 11. The Morgan fingerprint density at radius 3 is 2.24 bits per heavy atom. The molecule has 0 bridgehead atoms. The van der Waals surface area contributed by atoms with Crippen LogP contribution in [0.15, 0.2) is 137 Å². The first-order chi connectivity index (χ1) is 23.8. The highest BCUT2D eigenvalue weighted by Crippen LogP contribution is 2.37. The number of amides is 3. The minimum Gasteiger partial charge on any atom is -0.321 e. The van der Waals surface area contributed by atoms with E-state index >= 15 is 0 Å². The van der Waals surface area contributed by atoms with Gasteiger partial charge in [-0.15, -0.1) is 34.4 Å². The molecule has 244 valence electrons. The summed E-state index contributed by atoms with van der Waals surface area (Å²) in [4.78, 5) is 46.4. The van der Waals surface area contributed by atoms with Gasteiger partial charge in [0.1, 0.15) is 16.8 Å². The molecule has 3 N–H and O–H groups in total. The van der Waals surface area contributed by atoms with Gasteiger partial charge >= 0.3 is 0 Å². The van der Waals surface area contributed by atoms with E-state index in [-0.39, 0.29) is 22.2 Å². The molecular formula is C37H26ClFN4O3S3. The molecule has 0 aliphatic carbocycles. The Morgan fingerprint density at radius 2 is 1.55 bits per heavy atom. The highest BCUT2D eigenvalue weighted by molar-refractivity contribution is 8.00. The highest BCUT2D eigenvalue weighted by atomic mass is 35.5. The first kappa shape index (κ1) is 33.8. The summed E-state index contributed by atoms with van der Waals surface area (Å²) >= 11 is 10.5. The molecule has 0 aliphatic heterocycles. The van der Waals surface area contributed by atoms with E-state index in [4.69, 9.17) is 11.6 Å². The minimum absolute atomic E-state index is 0.0415. The Hall–Kier alpha value is -5.07. The van der Waals surface area contributed by atoms with Gasteiger partial charge in [0.05, 0.1) is 15.6 Å². The van der Waals surface area contributed by atoms with Crippen molar-refractivity contribution in [3.05, 3.63) is 159 Å². The zero-order chi connectivity index (χ0) is 34.2. The van der Waals surface area contributed by atoms with Gasteiger partial charge in [0.2, 0.25) is 5.91 Å². The maximum atomic E-state index is 14.7. The molecule has 0 saturated heterocycles. The molecule has 4 aromatic carbocycles. The maximum Gasteiger partial charge on any atom is 0.272 e. The van der Waals surface area contributed by atoms with E-state index < -0.39 is 22.9 Å². The van der Waals surface area contributed by atoms with E-state index in [0.29, 0.717) is 16.4 Å². The molecule has 2 aromatic heterocycles. The normalized spacial score (nSPS) is 11.8. The predicted octanol–water partition coefficient (Wildman–Crippen LogP) is 9.55. The van der Waals surface area contributed by atoms with E-state index in [9.17, 15) is 18.8 Å². The van der Waals surface area contributed by atoms with Crippen molar-refractivity contribution in [2.45, 2.75) is 10.1 Å². The van der Waals surface area contributed by atoms with Crippen LogP contribution in [-0.2, 0) is 9.59 Å². The number of halogens is 2. The summed E-state index contributed by atoms with van der Waals surface area (Å²) in [6, 6.07) is 32.8. The molecule has 0 radical (unpaired) electrons. The van der Waals surface area contributed by atoms with Gasteiger partial charge in [0, 0.05) is 27.1 Å². The van der Waals surface area contributed by atoms with Crippen molar-refractivity contribution in [2.75, 3.05) is 10.6 Å². The Balaban J connectivity index is 1.19. The highest BCUT2D eigenvalue weighted by Gasteiger charge is 2.24. The smallest absolute Gasteiger partial charge is 0.272 e. The van der Waals surface area contributed by atoms with Crippen LogP contribution < -0.4 is 16.0 Å². The summed E-state index contributed by atoms with van der Waals surface area (Å²) in [6.07, 6.45) is 1.20. The topological polar surface area (TPSA) is 100 Å². The molecule has 6 rings (SSSR count). The number of thiophene rings is 1. The van der Waals surface area contributed by atoms with Crippen LogP contribution in [0.1, 0.15) is 26.7 Å². The van der Waals surface area contributed by atoms with Crippen LogP contribution in [0.4, 0.5) is 15.2 Å². The molecule has 12 heteroatoms. The number of hydrogen-bond donors (Lipinski definition) is 3. The van der Waals surface area contributed by atoms with Crippen LogP contribution >= 0.6 is 46.0 Å². The van der Waals surface area contributed by atoms with Crippen LogP contribution in [0.3, 0.4) is 0 Å². The van der Waals surface area contributed by atoms with Crippen molar-refractivity contribution in [3.63, 3.8) is 0 Å². The number of nitrogens with zero attached hydrogens (tertiary/aromatic N) is 1. The average Bonchev–Trinajstić information content (AvgIpc) is 3.83. The average molecular weight is 725 g/mol. The molecule has 0 aliphatic rings. The SMILES string of the molecule is O=C(Nc1ccc(SC(C(=O)Nc2nc(-c3cccs3)cs2)c2ccccc2)cc1)/C(=C/c1c(F)cccc1Cl)NC(=O)c1ccccc1. The molecule has 3 amide bonds. The van der Waals surface area contributed by atoms with Crippen LogP contribution in [0, 0.1) is 5.82 Å². The Bertz CT molecular complexity index is 2090. The molecule has 49 heavy (non-hydrogen) atoms. The number of aromatic nitrogens is 1. The van der Waals surface area contributed by atoms with Crippen LogP contribution in [0.2, 0.25) is 5.02 Å². The maximum absolute atomic E-state index is 14.7. The predicted molar refractivity (Wildman–Crippen MR) is 197 cm³/mol. The number of thiazole rings is 1. The molecule has 2 heterocycles. The van der Waals surface area contributed by atoms with Crippen LogP contribution in [0.5, 0.6) is 0 Å². The quantitative estimate of drug-likeness (QED) is 0.0913. The van der Waals surface area contributed by atoms with Crippen molar-refractivity contribution >= 4 is 80.7 Å². The fourth-order valence-electron chi connectivity index (χ4n) is 4.63. The summed E-state index contributed by atoms with van der Waals surface area (Å²) in [5.74, 6) is -2.11. The lowest BCUT2D eigenvalue weighted by molar-refractivity contribution is -0.116. The van der Waals surface area contributed by atoms with Crippen molar-refractivity contribution in [1.29, 1.82) is 0 Å². The van der Waals surface area contributed by atoms with Crippen LogP contribution in [-0.4, -0.2) is 22.7 Å². The first-order valence-electron chi connectivity index (χ1n) is 14.8. The van der Waals surface area contributed by atoms with Gasteiger partial charge in [-0.1, -0.05) is 72.3 Å². The fraction of sp³-hybridized carbons (Fsp3) is 0.0270. The van der Waals surface area contributed by atoms with E-state index in [2.05, 4.69) is 20.9 Å². The Morgan fingerprint density at radius 1 is 0.816 bits per heavy atom. The van der Waals surface area contributed by atoms with E-state index in [0.717, 1.165) is 21.0 Å². The molecular weight excluding hydrogens is 699 g/mol. The Kier molecular flexibility index (Phi) is 11.0. The largest absolute Gasteiger partial charge is 0.321 e. The first-order valence-corrected chi connectivity index (χ1v) is 17.8. The molecule has 7 nitrogen and oxygen atoms in total. The van der Waals surface area contributed by atoms with Crippen molar-refractivity contribution < 1.29 is 18.8 Å². The second-order valence-electron chi connectivity index (χ2n) is 10.4. The van der Waals surface area contributed by atoms with Gasteiger partial charge in [0.15, 0.2) is 5.13 Å². The number of nitrogens with one attached hydrogen (secondary N) is 3. The molecule has 1 unspecified atom stereocenters. The number of benzene rings is 4. The van der Waals surface area contributed by atoms with Crippen molar-refractivity contribution in [3.8, 4) is 10.6 Å². The lowest BCUT2D eigenvalue weighted by Gasteiger charge is -2.17. The van der Waals surface area contributed by atoms with Gasteiger partial charge in [0.25, 0.3) is 11.8 Å². The van der Waals surface area contributed by atoms with Crippen molar-refractivity contribution in [2.24, 2.45) is 0 Å². The van der Waals surface area contributed by atoms with Gasteiger partial charge in [-0.25, -0.2) is 9.37 Å². The van der Waals surface area contributed by atoms with Crippen molar-refractivity contribution in [1.82, 2.24) is 10.3 Å². The zero-order valence-electron chi connectivity index (χ0n) is 25.4. The number of hydrogen-bond acceptors (Lipinski definition) is 7. The van der Waals surface area contributed by atoms with Gasteiger partial charge in [-0.05, 0) is 71.6 Å². The monoisotopic (exact) mass is 724 g/mol. The summed E-state index contributed by atoms with van der Waals surface area (Å²) in [7, 11) is 0. The molecule has 0 spiro atoms. The van der Waals surface area contributed by atoms with E-state index in [1.54, 1.807) is 65.9 Å². The molecule has 6 aromatic rings. The number of carbonyl (C=O) groups is 3. The lowest BCUT2D eigenvalue weighted by Crippen LogP contribution is -2.30. The minimum atomic E-state index is -0.684. The van der Waals surface area contributed by atoms with Crippen LogP contribution in [0.25, 0.3) is 16.6 Å². The van der Waals surface area contributed by atoms with E-state index in [1.807, 2.05) is 53.2 Å². The fourth-order valence-corrected chi connectivity index (χ4v) is 7.34. The van der Waals surface area contributed by atoms with Gasteiger partial charge < -0.3 is 16.0 Å². The summed E-state index contributed by atoms with van der Waals surface area (Å²) in [5.41, 5.74) is 2.11. The lowest BCUT2D eigenvalue weighted by atomic mass is 10.1. The molecule has 1 atom stereocenters. The number of thioether (sulfide) groups is 1. The summed E-state index contributed by atoms with van der Waals surface area (Å²) in [5, 5.41) is 12.2. The Labute approximate surface area is 298 Å². The van der Waals surface area contributed by atoms with E-state index in [1.165, 1.54) is 47.4 Å². The zero-order valence-corrected chi connectivity index (χ0v) is 28.6. The second-order valence-corrected chi connectivity index (χ2v) is 13.8. The standard InChI is InChI=1S/C37H26ClFN4O3S3/c38-28-13-7-14-29(39)27(28)21-30(41-34(44)24-11-5-2-6-12-24)35(45)40-25-16-18-26(19-17-25)49-33(23-9-3-1-4-10-23)36(46)43-37-42-31(22-48-37)32-15-8-20-47-32/h1-22,33H,(H,40,45)(H,41,44)(H,42,43,46)/b30-21-. The summed E-state index contributed by atoms with van der Waals surface area (Å²) in [6.45, 7) is 0.